The summed E-state index contributed by atoms with van der Waals surface area (Å²) in [5, 5.41) is 1.48. The number of pyridine rings is 1. The molecule has 0 saturated carbocycles. The molecule has 2 aromatic rings. The maximum atomic E-state index is 10.8. The lowest BCUT2D eigenvalue weighted by Gasteiger charge is -2.04. The van der Waals surface area contributed by atoms with Gasteiger partial charge >= 0.3 is 16.3 Å². The van der Waals surface area contributed by atoms with Crippen molar-refractivity contribution in [1.82, 2.24) is 0 Å². The van der Waals surface area contributed by atoms with E-state index in [2.05, 4.69) is 4.18 Å². The average Bonchev–Trinajstić information content (AvgIpc) is 2.28. The molecule has 0 aliphatic heterocycles. The first-order valence-corrected chi connectivity index (χ1v) is 6.46. The highest BCUT2D eigenvalue weighted by atomic mass is 32.3. The van der Waals surface area contributed by atoms with Crippen LogP contribution in [0.3, 0.4) is 0 Å². The zero-order valence-corrected chi connectivity index (χ0v) is 10.0. The second-order valence-corrected chi connectivity index (χ2v) is 4.53. The normalized spacial score (nSPS) is 11.6. The fraction of sp³-hybridized carbons (Fsp3) is 0.182. The van der Waals surface area contributed by atoms with Gasteiger partial charge in [0.15, 0.2) is 6.20 Å². The highest BCUT2D eigenvalue weighted by molar-refractivity contribution is 7.81. The van der Waals surface area contributed by atoms with Gasteiger partial charge in [-0.25, -0.2) is 0 Å². The monoisotopic (exact) mass is 254 g/mol. The van der Waals surface area contributed by atoms with Gasteiger partial charge in [-0.05, 0) is 18.4 Å². The Kier molecular flexibility index (Phi) is 2.99. The van der Waals surface area contributed by atoms with Gasteiger partial charge in [-0.2, -0.15) is 13.0 Å². The van der Waals surface area contributed by atoms with Crippen LogP contribution >= 0.6 is 0 Å². The van der Waals surface area contributed by atoms with Crippen molar-refractivity contribution in [1.29, 1.82) is 0 Å². The van der Waals surface area contributed by atoms with Crippen molar-refractivity contribution in [3.8, 4) is 5.88 Å². The third-order valence-electron chi connectivity index (χ3n) is 2.41. The molecule has 0 aliphatic carbocycles. The van der Waals surface area contributed by atoms with Gasteiger partial charge in [0.1, 0.15) is 6.54 Å². The summed E-state index contributed by atoms with van der Waals surface area (Å²) in [5.74, 6) is 0.119. The lowest BCUT2D eigenvalue weighted by Crippen LogP contribution is -2.35. The van der Waals surface area contributed by atoms with Crippen LogP contribution in [0.25, 0.3) is 10.8 Å². The predicted octanol–water partition coefficient (Wildman–Crippen LogP) is 1.33. The maximum Gasteiger partial charge on any atom is 0.450 e. The Balaban J connectivity index is 2.71. The van der Waals surface area contributed by atoms with E-state index in [1.807, 2.05) is 25.1 Å². The number of rotatable bonds is 3. The fourth-order valence-corrected chi connectivity index (χ4v) is 2.06. The van der Waals surface area contributed by atoms with E-state index >= 15 is 0 Å². The second-order valence-electron chi connectivity index (χ2n) is 3.51. The van der Waals surface area contributed by atoms with Gasteiger partial charge in [0, 0.05) is 6.07 Å². The van der Waals surface area contributed by atoms with Crippen LogP contribution in [0, 0.1) is 0 Å². The number of hydrogen-bond donors (Lipinski definition) is 1. The third-order valence-corrected chi connectivity index (χ3v) is 2.78. The quantitative estimate of drug-likeness (QED) is 0.662. The van der Waals surface area contributed by atoms with E-state index in [-0.39, 0.29) is 5.88 Å². The summed E-state index contributed by atoms with van der Waals surface area (Å²) < 4.78 is 36.7. The van der Waals surface area contributed by atoms with Gasteiger partial charge in [-0.3, -0.25) is 4.55 Å². The fourth-order valence-electron chi connectivity index (χ4n) is 1.67. The van der Waals surface area contributed by atoms with Crippen molar-refractivity contribution < 1.29 is 21.7 Å². The molecule has 0 unspecified atom stereocenters. The van der Waals surface area contributed by atoms with Gasteiger partial charge < -0.3 is 4.18 Å². The number of fused-ring (bicyclic) bond motifs is 1. The van der Waals surface area contributed by atoms with Crippen LogP contribution in [-0.4, -0.2) is 13.0 Å². The summed E-state index contributed by atoms with van der Waals surface area (Å²) in [4.78, 5) is 0. The lowest BCUT2D eigenvalue weighted by molar-refractivity contribution is -0.694. The molecule has 0 radical (unpaired) electrons. The van der Waals surface area contributed by atoms with Crippen LogP contribution in [0.1, 0.15) is 6.92 Å². The van der Waals surface area contributed by atoms with Crippen LogP contribution in [0.5, 0.6) is 5.88 Å². The van der Waals surface area contributed by atoms with Crippen LogP contribution < -0.4 is 8.75 Å². The molecule has 2 rings (SSSR count). The molecule has 0 aliphatic rings. The first-order chi connectivity index (χ1) is 8.01. The first-order valence-electron chi connectivity index (χ1n) is 5.09. The van der Waals surface area contributed by atoms with Gasteiger partial charge in [-0.15, -0.1) is 0 Å². The van der Waals surface area contributed by atoms with Gasteiger partial charge in [0.2, 0.25) is 0 Å². The summed E-state index contributed by atoms with van der Waals surface area (Å²) in [7, 11) is -4.52. The van der Waals surface area contributed by atoms with Crippen LogP contribution in [0.2, 0.25) is 0 Å². The number of nitrogens with zero attached hydrogens (tertiary/aromatic N) is 1. The molecule has 6 heteroatoms. The van der Waals surface area contributed by atoms with E-state index in [4.69, 9.17) is 4.55 Å². The van der Waals surface area contributed by atoms with Gasteiger partial charge in [0.05, 0.1) is 5.39 Å². The third kappa shape index (κ3) is 2.54. The van der Waals surface area contributed by atoms with E-state index in [1.54, 1.807) is 22.9 Å². The molecule has 0 spiro atoms. The summed E-state index contributed by atoms with van der Waals surface area (Å²) in [5.41, 5.74) is 0. The van der Waals surface area contributed by atoms with Crippen molar-refractivity contribution in [3.05, 3.63) is 36.5 Å². The van der Waals surface area contributed by atoms with E-state index in [0.717, 1.165) is 5.39 Å². The molecule has 90 valence electrons. The van der Waals surface area contributed by atoms with Gasteiger partial charge in [-0.1, -0.05) is 18.2 Å². The van der Waals surface area contributed by atoms with Crippen molar-refractivity contribution in [2.75, 3.05) is 0 Å². The Morgan fingerprint density at radius 2 is 2.00 bits per heavy atom. The summed E-state index contributed by atoms with van der Waals surface area (Å²) >= 11 is 0. The van der Waals surface area contributed by atoms with Crippen molar-refractivity contribution in [3.63, 3.8) is 0 Å². The topological polar surface area (TPSA) is 67.5 Å². The van der Waals surface area contributed by atoms with E-state index < -0.39 is 10.4 Å². The molecule has 0 bridgehead atoms. The highest BCUT2D eigenvalue weighted by Crippen LogP contribution is 2.22. The zero-order chi connectivity index (χ0) is 12.5. The Labute approximate surface area is 99.2 Å². The minimum atomic E-state index is -4.52. The SMILES string of the molecule is CC[n+]1ccc2ccccc2c1OS(=O)(=O)O. The Morgan fingerprint density at radius 3 is 2.65 bits per heavy atom. The molecule has 17 heavy (non-hydrogen) atoms. The molecule has 1 aromatic heterocycles. The molecular weight excluding hydrogens is 242 g/mol. The van der Waals surface area contributed by atoms with Crippen LogP contribution in [0.15, 0.2) is 36.5 Å². The Hall–Kier alpha value is -1.66. The molecule has 5 nitrogen and oxygen atoms in total. The number of hydrogen-bond acceptors (Lipinski definition) is 3. The summed E-state index contributed by atoms with van der Waals surface area (Å²) in [6.07, 6.45) is 1.71. The first kappa shape index (κ1) is 11.8. The standard InChI is InChI=1S/C11H11NO4S/c1-2-12-8-7-9-5-3-4-6-10(9)11(12)16-17(13,14)15/h3-8H,2H2,1H3/p+1. The van der Waals surface area contributed by atoms with E-state index in [9.17, 15) is 8.42 Å². The Bertz CT molecular complexity index is 652. The molecule has 1 N–H and O–H groups in total. The summed E-state index contributed by atoms with van der Waals surface area (Å²) in [6.45, 7) is 2.39. The number of benzene rings is 1. The van der Waals surface area contributed by atoms with Crippen molar-refractivity contribution in [2.45, 2.75) is 13.5 Å². The minimum absolute atomic E-state index is 0.119. The average molecular weight is 254 g/mol. The van der Waals surface area contributed by atoms with E-state index in [1.165, 1.54) is 0 Å². The molecule has 1 heterocycles. The lowest BCUT2D eigenvalue weighted by atomic mass is 10.2. The molecule has 0 saturated heterocycles. The Morgan fingerprint density at radius 1 is 1.29 bits per heavy atom. The predicted molar refractivity (Wildman–Crippen MR) is 62.0 cm³/mol. The zero-order valence-electron chi connectivity index (χ0n) is 9.20. The second kappa shape index (κ2) is 4.31. The molecule has 0 atom stereocenters. The largest absolute Gasteiger partial charge is 0.450 e. The van der Waals surface area contributed by atoms with Crippen molar-refractivity contribution >= 4 is 21.2 Å². The smallest absolute Gasteiger partial charge is 0.301 e. The number of aryl methyl sites for hydroxylation is 1. The minimum Gasteiger partial charge on any atom is -0.301 e. The molecular formula is C11H12NO4S+. The van der Waals surface area contributed by atoms with Crippen molar-refractivity contribution in [2.24, 2.45) is 0 Å². The highest BCUT2D eigenvalue weighted by Gasteiger charge is 2.21. The molecule has 0 amide bonds. The number of aromatic nitrogens is 1. The molecule has 0 fully saturated rings. The van der Waals surface area contributed by atoms with Gasteiger partial charge in [0.25, 0.3) is 0 Å². The summed E-state index contributed by atoms with van der Waals surface area (Å²) in [6, 6.07) is 9.05. The van der Waals surface area contributed by atoms with Crippen LogP contribution in [0.4, 0.5) is 0 Å². The molecule has 1 aromatic carbocycles. The maximum absolute atomic E-state index is 10.8. The van der Waals surface area contributed by atoms with Crippen LogP contribution in [-0.2, 0) is 16.9 Å². The van der Waals surface area contributed by atoms with E-state index in [0.29, 0.717) is 11.9 Å².